The fraction of sp³-hybridized carbons (Fsp3) is 0.235. The van der Waals surface area contributed by atoms with Crippen LogP contribution in [0.3, 0.4) is 0 Å². The summed E-state index contributed by atoms with van der Waals surface area (Å²) in [6.07, 6.45) is 1.27. The predicted molar refractivity (Wildman–Crippen MR) is 96.3 cm³/mol. The van der Waals surface area contributed by atoms with Crippen LogP contribution >= 0.6 is 0 Å². The SMILES string of the molecule is COc1ccc(C)cc1Nc1ncnc(-n2nc(C)cc2C)c1[N+](=O)[O-]. The van der Waals surface area contributed by atoms with Crippen molar-refractivity contribution in [2.45, 2.75) is 20.8 Å². The summed E-state index contributed by atoms with van der Waals surface area (Å²) in [5.41, 5.74) is 2.77. The zero-order chi connectivity index (χ0) is 18.8. The van der Waals surface area contributed by atoms with E-state index in [1.165, 1.54) is 18.1 Å². The Kier molecular flexibility index (Phi) is 4.53. The molecule has 134 valence electrons. The molecule has 0 aliphatic rings. The van der Waals surface area contributed by atoms with Gasteiger partial charge in [0.2, 0.25) is 11.6 Å². The number of anilines is 2. The lowest BCUT2D eigenvalue weighted by atomic mass is 10.2. The minimum absolute atomic E-state index is 0.0662. The van der Waals surface area contributed by atoms with Crippen LogP contribution in [0.4, 0.5) is 17.2 Å². The van der Waals surface area contributed by atoms with Gasteiger partial charge in [0.05, 0.1) is 23.4 Å². The maximum atomic E-state index is 11.8. The number of benzene rings is 1. The molecule has 0 saturated carbocycles. The summed E-state index contributed by atoms with van der Waals surface area (Å²) in [6.45, 7) is 5.54. The molecule has 9 heteroatoms. The van der Waals surface area contributed by atoms with Crippen LogP contribution in [0.25, 0.3) is 5.82 Å². The first-order valence-corrected chi connectivity index (χ1v) is 7.85. The smallest absolute Gasteiger partial charge is 0.355 e. The summed E-state index contributed by atoms with van der Waals surface area (Å²) < 4.78 is 6.76. The van der Waals surface area contributed by atoms with E-state index in [1.54, 1.807) is 6.07 Å². The summed E-state index contributed by atoms with van der Waals surface area (Å²) in [5, 5.41) is 19.0. The van der Waals surface area contributed by atoms with Gasteiger partial charge in [-0.25, -0.2) is 14.6 Å². The number of nitro groups is 1. The molecular weight excluding hydrogens is 336 g/mol. The molecule has 0 radical (unpaired) electrons. The molecular formula is C17H18N6O3. The van der Waals surface area contributed by atoms with Gasteiger partial charge in [-0.2, -0.15) is 5.10 Å². The zero-order valence-corrected chi connectivity index (χ0v) is 14.8. The zero-order valence-electron chi connectivity index (χ0n) is 14.8. The molecule has 0 aliphatic heterocycles. The Morgan fingerprint density at radius 3 is 2.58 bits per heavy atom. The van der Waals surface area contributed by atoms with Crippen molar-refractivity contribution < 1.29 is 9.66 Å². The van der Waals surface area contributed by atoms with Crippen LogP contribution in [0.2, 0.25) is 0 Å². The molecule has 0 amide bonds. The van der Waals surface area contributed by atoms with Crippen molar-refractivity contribution >= 4 is 17.2 Å². The molecule has 3 rings (SSSR count). The highest BCUT2D eigenvalue weighted by atomic mass is 16.6. The van der Waals surface area contributed by atoms with Crippen molar-refractivity contribution in [2.75, 3.05) is 12.4 Å². The quantitative estimate of drug-likeness (QED) is 0.553. The van der Waals surface area contributed by atoms with Crippen molar-refractivity contribution in [3.05, 3.63) is 57.7 Å². The van der Waals surface area contributed by atoms with E-state index in [9.17, 15) is 10.1 Å². The second-order valence-electron chi connectivity index (χ2n) is 5.82. The number of methoxy groups -OCH3 is 1. The van der Waals surface area contributed by atoms with Crippen molar-refractivity contribution in [1.29, 1.82) is 0 Å². The van der Waals surface area contributed by atoms with Crippen LogP contribution in [0.15, 0.2) is 30.6 Å². The molecule has 0 fully saturated rings. The second kappa shape index (κ2) is 6.79. The third kappa shape index (κ3) is 3.18. The number of ether oxygens (including phenoxy) is 1. The molecule has 1 aromatic carbocycles. The Balaban J connectivity index is 2.15. The highest BCUT2D eigenvalue weighted by Gasteiger charge is 2.26. The number of aromatic nitrogens is 4. The Morgan fingerprint density at radius 2 is 1.96 bits per heavy atom. The van der Waals surface area contributed by atoms with E-state index in [0.29, 0.717) is 11.4 Å². The first-order chi connectivity index (χ1) is 12.4. The van der Waals surface area contributed by atoms with Gasteiger partial charge in [-0.1, -0.05) is 6.07 Å². The number of hydrogen-bond donors (Lipinski definition) is 1. The van der Waals surface area contributed by atoms with Gasteiger partial charge >= 0.3 is 5.69 Å². The predicted octanol–water partition coefficient (Wildman–Crippen LogP) is 3.25. The van der Waals surface area contributed by atoms with Crippen LogP contribution < -0.4 is 10.1 Å². The minimum atomic E-state index is -0.517. The molecule has 0 saturated heterocycles. The maximum absolute atomic E-state index is 11.8. The average Bonchev–Trinajstić information content (AvgIpc) is 2.93. The molecule has 3 aromatic rings. The lowest BCUT2D eigenvalue weighted by molar-refractivity contribution is -0.384. The largest absolute Gasteiger partial charge is 0.495 e. The lowest BCUT2D eigenvalue weighted by Gasteiger charge is -2.12. The second-order valence-corrected chi connectivity index (χ2v) is 5.82. The van der Waals surface area contributed by atoms with Gasteiger partial charge in [0.1, 0.15) is 12.1 Å². The van der Waals surface area contributed by atoms with E-state index in [4.69, 9.17) is 4.74 Å². The molecule has 2 aromatic heterocycles. The van der Waals surface area contributed by atoms with Crippen LogP contribution in [0, 0.1) is 30.9 Å². The molecule has 9 nitrogen and oxygen atoms in total. The molecule has 0 bridgehead atoms. The third-order valence-electron chi connectivity index (χ3n) is 3.80. The van der Waals surface area contributed by atoms with Gasteiger partial charge in [-0.05, 0) is 44.5 Å². The van der Waals surface area contributed by atoms with Crippen molar-refractivity contribution in [3.8, 4) is 11.6 Å². The number of nitrogens with one attached hydrogen (secondary N) is 1. The first kappa shape index (κ1) is 17.3. The van der Waals surface area contributed by atoms with Gasteiger partial charge in [0.15, 0.2) is 0 Å². The lowest BCUT2D eigenvalue weighted by Crippen LogP contribution is -2.10. The Morgan fingerprint density at radius 1 is 1.19 bits per heavy atom. The van der Waals surface area contributed by atoms with E-state index in [1.807, 2.05) is 39.0 Å². The van der Waals surface area contributed by atoms with E-state index >= 15 is 0 Å². The van der Waals surface area contributed by atoms with Gasteiger partial charge in [0.25, 0.3) is 0 Å². The molecule has 2 heterocycles. The highest BCUT2D eigenvalue weighted by Crippen LogP contribution is 2.34. The minimum Gasteiger partial charge on any atom is -0.495 e. The van der Waals surface area contributed by atoms with Crippen LogP contribution in [0.1, 0.15) is 17.0 Å². The molecule has 0 spiro atoms. The van der Waals surface area contributed by atoms with E-state index < -0.39 is 4.92 Å². The summed E-state index contributed by atoms with van der Waals surface area (Å²) in [4.78, 5) is 19.4. The molecule has 0 atom stereocenters. The molecule has 26 heavy (non-hydrogen) atoms. The number of hydrogen-bond acceptors (Lipinski definition) is 7. The normalized spacial score (nSPS) is 10.6. The van der Waals surface area contributed by atoms with Crippen LogP contribution in [-0.2, 0) is 0 Å². The van der Waals surface area contributed by atoms with Crippen molar-refractivity contribution in [1.82, 2.24) is 19.7 Å². The van der Waals surface area contributed by atoms with Crippen molar-refractivity contribution in [2.24, 2.45) is 0 Å². The topological polar surface area (TPSA) is 108 Å². The monoisotopic (exact) mass is 354 g/mol. The molecule has 0 unspecified atom stereocenters. The van der Waals surface area contributed by atoms with Gasteiger partial charge < -0.3 is 10.1 Å². The van der Waals surface area contributed by atoms with Gasteiger partial charge in [-0.3, -0.25) is 10.1 Å². The summed E-state index contributed by atoms with van der Waals surface area (Å²) >= 11 is 0. The Hall–Kier alpha value is -3.49. The average molecular weight is 354 g/mol. The highest BCUT2D eigenvalue weighted by molar-refractivity contribution is 5.73. The fourth-order valence-electron chi connectivity index (χ4n) is 2.67. The van der Waals surface area contributed by atoms with Crippen LogP contribution in [0.5, 0.6) is 5.75 Å². The van der Waals surface area contributed by atoms with E-state index in [2.05, 4.69) is 20.4 Å². The van der Waals surface area contributed by atoms with Crippen molar-refractivity contribution in [3.63, 3.8) is 0 Å². The summed E-state index contributed by atoms with van der Waals surface area (Å²) in [6, 6.07) is 7.32. The molecule has 0 aliphatic carbocycles. The fourth-order valence-corrected chi connectivity index (χ4v) is 2.67. The van der Waals surface area contributed by atoms with Gasteiger partial charge in [-0.15, -0.1) is 0 Å². The van der Waals surface area contributed by atoms with E-state index in [-0.39, 0.29) is 17.3 Å². The summed E-state index contributed by atoms with van der Waals surface area (Å²) in [7, 11) is 1.53. The Bertz CT molecular complexity index is 983. The standard InChI is InChI=1S/C17H18N6O3/c1-10-5-6-14(26-4)13(7-10)20-16-15(23(24)25)17(19-9-18-16)22-12(3)8-11(2)21-22/h5-9H,1-4H3,(H,18,19,20). The maximum Gasteiger partial charge on any atom is 0.355 e. The third-order valence-corrected chi connectivity index (χ3v) is 3.80. The van der Waals surface area contributed by atoms with Crippen LogP contribution in [-0.4, -0.2) is 31.8 Å². The number of aryl methyl sites for hydroxylation is 3. The molecule has 1 N–H and O–H groups in total. The first-order valence-electron chi connectivity index (χ1n) is 7.85. The van der Waals surface area contributed by atoms with E-state index in [0.717, 1.165) is 17.0 Å². The van der Waals surface area contributed by atoms with Gasteiger partial charge in [0, 0.05) is 5.69 Å². The number of nitrogens with zero attached hydrogens (tertiary/aromatic N) is 5. The number of rotatable bonds is 5. The Labute approximate surface area is 149 Å². The summed E-state index contributed by atoms with van der Waals surface area (Å²) in [5.74, 6) is 0.720.